The Morgan fingerprint density at radius 3 is 3.36 bits per heavy atom. The molecule has 14 heavy (non-hydrogen) atoms. The summed E-state index contributed by atoms with van der Waals surface area (Å²) in [7, 11) is 0. The fraction of sp³-hybridized carbons (Fsp3) is 0.364. The van der Waals surface area contributed by atoms with Gasteiger partial charge in [0, 0.05) is 25.5 Å². The number of hydrogen-bond acceptors (Lipinski definition) is 3. The highest BCUT2D eigenvalue weighted by molar-refractivity contribution is 5.73. The molecular formula is C11H13N3. The van der Waals surface area contributed by atoms with Crippen molar-refractivity contribution in [3.05, 3.63) is 35.7 Å². The minimum absolute atomic E-state index is 0.346. The Morgan fingerprint density at radius 2 is 2.36 bits per heavy atom. The number of nitrogens with one attached hydrogen (secondary N) is 2. The Kier molecular flexibility index (Phi) is 1.85. The number of rotatable bonds is 0. The summed E-state index contributed by atoms with van der Waals surface area (Å²) in [5.74, 6) is 0. The quantitative estimate of drug-likeness (QED) is 0.633. The molecule has 2 N–H and O–H groups in total. The Bertz CT molecular complexity index is 384. The largest absolute Gasteiger partial charge is 0.298 e. The van der Waals surface area contributed by atoms with Gasteiger partial charge in [-0.1, -0.05) is 6.08 Å². The van der Waals surface area contributed by atoms with Gasteiger partial charge in [0.1, 0.15) is 0 Å². The second kappa shape index (κ2) is 3.19. The molecule has 1 aromatic heterocycles. The fourth-order valence-electron chi connectivity index (χ4n) is 2.19. The van der Waals surface area contributed by atoms with Crippen LogP contribution < -0.4 is 10.6 Å². The van der Waals surface area contributed by atoms with Crippen LogP contribution in [0, 0.1) is 0 Å². The van der Waals surface area contributed by atoms with Crippen molar-refractivity contribution >= 4 is 5.57 Å². The molecule has 0 aliphatic carbocycles. The Morgan fingerprint density at radius 1 is 1.36 bits per heavy atom. The van der Waals surface area contributed by atoms with Gasteiger partial charge in [0.05, 0.1) is 6.17 Å². The van der Waals surface area contributed by atoms with E-state index < -0.39 is 0 Å². The van der Waals surface area contributed by atoms with Gasteiger partial charge in [-0.3, -0.25) is 15.6 Å². The third kappa shape index (κ3) is 1.17. The van der Waals surface area contributed by atoms with Crippen LogP contribution in [0.3, 0.4) is 0 Å². The van der Waals surface area contributed by atoms with Crippen molar-refractivity contribution < 1.29 is 0 Å². The highest BCUT2D eigenvalue weighted by Crippen LogP contribution is 2.27. The van der Waals surface area contributed by atoms with Gasteiger partial charge in [0.25, 0.3) is 0 Å². The van der Waals surface area contributed by atoms with Crippen molar-refractivity contribution in [2.75, 3.05) is 6.54 Å². The lowest BCUT2D eigenvalue weighted by molar-refractivity contribution is 0.481. The number of nitrogens with zero attached hydrogens (tertiary/aromatic N) is 1. The Labute approximate surface area is 83.2 Å². The minimum atomic E-state index is 0.346. The van der Waals surface area contributed by atoms with Crippen molar-refractivity contribution in [1.82, 2.24) is 15.6 Å². The third-order valence-corrected chi connectivity index (χ3v) is 2.88. The summed E-state index contributed by atoms with van der Waals surface area (Å²) in [5, 5.41) is 6.92. The van der Waals surface area contributed by atoms with Crippen LogP contribution in [0.15, 0.2) is 24.5 Å². The number of hydrogen-bond donors (Lipinski definition) is 2. The van der Waals surface area contributed by atoms with Crippen LogP contribution >= 0.6 is 0 Å². The molecule has 3 nitrogen and oxygen atoms in total. The van der Waals surface area contributed by atoms with Gasteiger partial charge in [0.15, 0.2) is 0 Å². The van der Waals surface area contributed by atoms with Crippen molar-refractivity contribution in [2.24, 2.45) is 0 Å². The zero-order valence-electron chi connectivity index (χ0n) is 7.96. The molecule has 2 aliphatic heterocycles. The molecule has 3 heteroatoms. The van der Waals surface area contributed by atoms with Gasteiger partial charge >= 0.3 is 0 Å². The molecule has 3 heterocycles. The van der Waals surface area contributed by atoms with E-state index in [9.17, 15) is 0 Å². The predicted molar refractivity (Wildman–Crippen MR) is 55.5 cm³/mol. The third-order valence-electron chi connectivity index (χ3n) is 2.88. The molecule has 0 aromatic carbocycles. The average Bonchev–Trinajstić information content (AvgIpc) is 2.29. The summed E-state index contributed by atoms with van der Waals surface area (Å²) < 4.78 is 0. The lowest BCUT2D eigenvalue weighted by Crippen LogP contribution is -2.47. The normalized spacial score (nSPS) is 24.9. The van der Waals surface area contributed by atoms with E-state index in [1.807, 2.05) is 12.4 Å². The van der Waals surface area contributed by atoms with E-state index in [1.54, 1.807) is 0 Å². The van der Waals surface area contributed by atoms with Crippen molar-refractivity contribution in [3.63, 3.8) is 0 Å². The van der Waals surface area contributed by atoms with Gasteiger partial charge in [-0.05, 0) is 29.2 Å². The van der Waals surface area contributed by atoms with Crippen LogP contribution in [0.1, 0.15) is 17.5 Å². The second-order valence-corrected chi connectivity index (χ2v) is 3.75. The van der Waals surface area contributed by atoms with E-state index in [-0.39, 0.29) is 0 Å². The van der Waals surface area contributed by atoms with E-state index in [1.165, 1.54) is 16.7 Å². The molecule has 0 bridgehead atoms. The monoisotopic (exact) mass is 187 g/mol. The second-order valence-electron chi connectivity index (χ2n) is 3.75. The van der Waals surface area contributed by atoms with Crippen LogP contribution in [0.5, 0.6) is 0 Å². The highest BCUT2D eigenvalue weighted by atomic mass is 15.1. The maximum absolute atomic E-state index is 4.15. The molecule has 0 radical (unpaired) electrons. The predicted octanol–water partition coefficient (Wildman–Crippen LogP) is 0.888. The highest BCUT2D eigenvalue weighted by Gasteiger charge is 2.24. The first kappa shape index (κ1) is 8.15. The van der Waals surface area contributed by atoms with Gasteiger partial charge in [-0.15, -0.1) is 0 Å². The lowest BCUT2D eigenvalue weighted by Gasteiger charge is -2.32. The summed E-state index contributed by atoms with van der Waals surface area (Å²) >= 11 is 0. The van der Waals surface area contributed by atoms with Gasteiger partial charge in [0.2, 0.25) is 0 Å². The minimum Gasteiger partial charge on any atom is -0.298 e. The first-order chi connectivity index (χ1) is 6.95. The van der Waals surface area contributed by atoms with Gasteiger partial charge in [-0.2, -0.15) is 0 Å². The maximum Gasteiger partial charge on any atom is 0.0841 e. The Balaban J connectivity index is 2.11. The molecule has 1 unspecified atom stereocenters. The molecule has 72 valence electrons. The summed E-state index contributed by atoms with van der Waals surface area (Å²) in [5.41, 5.74) is 4.05. The maximum atomic E-state index is 4.15. The van der Waals surface area contributed by atoms with Gasteiger partial charge < -0.3 is 0 Å². The van der Waals surface area contributed by atoms with E-state index in [4.69, 9.17) is 0 Å². The molecule has 0 amide bonds. The van der Waals surface area contributed by atoms with Crippen LogP contribution in [0.2, 0.25) is 0 Å². The van der Waals surface area contributed by atoms with Crippen LogP contribution in [0.25, 0.3) is 5.57 Å². The average molecular weight is 187 g/mol. The van der Waals surface area contributed by atoms with Crippen molar-refractivity contribution in [1.29, 1.82) is 0 Å². The molecule has 3 rings (SSSR count). The van der Waals surface area contributed by atoms with Crippen molar-refractivity contribution in [3.8, 4) is 0 Å². The first-order valence-electron chi connectivity index (χ1n) is 5.05. The summed E-state index contributed by atoms with van der Waals surface area (Å²) in [6.07, 6.45) is 7.62. The Hall–Kier alpha value is -1.19. The number of fused-ring (bicyclic) bond motifs is 3. The smallest absolute Gasteiger partial charge is 0.0841 e. The lowest BCUT2D eigenvalue weighted by atomic mass is 9.93. The topological polar surface area (TPSA) is 37.0 Å². The summed E-state index contributed by atoms with van der Waals surface area (Å²) in [4.78, 5) is 4.15. The molecule has 1 aromatic rings. The van der Waals surface area contributed by atoms with Gasteiger partial charge in [-0.25, -0.2) is 0 Å². The van der Waals surface area contributed by atoms with Crippen LogP contribution in [-0.2, 0) is 6.54 Å². The van der Waals surface area contributed by atoms with E-state index >= 15 is 0 Å². The van der Waals surface area contributed by atoms with Crippen molar-refractivity contribution in [2.45, 2.75) is 19.1 Å². The SMILES string of the molecule is C1=C2c3ccncc3CNC2NCC1. The molecule has 0 saturated heterocycles. The molecule has 0 fully saturated rings. The van der Waals surface area contributed by atoms with E-state index in [0.717, 1.165) is 19.5 Å². The molecular weight excluding hydrogens is 174 g/mol. The standard InChI is InChI=1S/C11H13N3/c1-2-10-9-3-5-12-6-8(9)7-14-11(10)13-4-1/h2-3,5-6,11,13-14H,1,4,7H2. The summed E-state index contributed by atoms with van der Waals surface area (Å²) in [6.45, 7) is 1.99. The zero-order chi connectivity index (χ0) is 9.38. The number of aromatic nitrogens is 1. The molecule has 2 aliphatic rings. The van der Waals surface area contributed by atoms with E-state index in [0.29, 0.717) is 6.17 Å². The molecule has 0 spiro atoms. The molecule has 1 atom stereocenters. The fourth-order valence-corrected chi connectivity index (χ4v) is 2.19. The molecule has 0 saturated carbocycles. The van der Waals surface area contributed by atoms with Crippen LogP contribution in [0.4, 0.5) is 0 Å². The number of pyridine rings is 1. The van der Waals surface area contributed by atoms with Crippen LogP contribution in [-0.4, -0.2) is 17.7 Å². The first-order valence-corrected chi connectivity index (χ1v) is 5.05. The van der Waals surface area contributed by atoms with E-state index in [2.05, 4.69) is 27.8 Å². The summed E-state index contributed by atoms with van der Waals surface area (Å²) in [6, 6.07) is 2.11. The zero-order valence-corrected chi connectivity index (χ0v) is 7.96.